The molecule has 65 heavy (non-hydrogen) atoms. The average Bonchev–Trinajstić information content (AvgIpc) is 4.17. The molecule has 15 heteroatoms. The number of nitrogens with zero attached hydrogens (tertiary/aromatic N) is 4. The largest absolute Gasteiger partial charge is 0.453 e. The third-order valence-electron chi connectivity index (χ3n) is 14.1. The van der Waals surface area contributed by atoms with Crippen LogP contribution in [0.2, 0.25) is 0 Å². The number of imidazole rings is 2. The highest BCUT2D eigenvalue weighted by Crippen LogP contribution is 2.52. The lowest BCUT2D eigenvalue weighted by Gasteiger charge is -2.30. The number of methoxy groups -OCH3 is 2. The highest BCUT2D eigenvalue weighted by atomic mass is 16.5. The van der Waals surface area contributed by atoms with Gasteiger partial charge in [0.1, 0.15) is 23.7 Å². The van der Waals surface area contributed by atoms with E-state index in [0.717, 1.165) is 102 Å². The molecule has 0 bridgehead atoms. The molecule has 4 N–H and O–H groups in total. The van der Waals surface area contributed by atoms with Crippen LogP contribution in [0, 0.1) is 17.3 Å². The first-order chi connectivity index (χ1) is 31.3. The van der Waals surface area contributed by atoms with Gasteiger partial charge in [-0.25, -0.2) is 19.6 Å². The lowest BCUT2D eigenvalue weighted by atomic mass is 9.81. The SMILES string of the molecule is C=Cc1nc(C2CCCN2C(=O)[C@H](NC(=O)OC)C(C)C)[nH]c1/C=C\Cc1ccc(-c2ccc3nc(C4CCCN4C(=O)[C@H](NC(=O)OC)C(C)C)[nH]c3c2)c2c1CC1(CCCC1)C2=O. The topological polar surface area (TPSA) is 192 Å². The number of nitrogens with one attached hydrogen (secondary N) is 4. The first kappa shape index (κ1) is 45.3. The van der Waals surface area contributed by atoms with Crippen molar-refractivity contribution in [2.45, 2.75) is 116 Å². The Labute approximate surface area is 380 Å². The summed E-state index contributed by atoms with van der Waals surface area (Å²) in [7, 11) is 2.57. The van der Waals surface area contributed by atoms with Crippen LogP contribution < -0.4 is 10.6 Å². The van der Waals surface area contributed by atoms with E-state index in [1.165, 1.54) is 14.2 Å². The number of allylic oxidation sites excluding steroid dienone is 1. The summed E-state index contributed by atoms with van der Waals surface area (Å²) >= 11 is 0. The maximum Gasteiger partial charge on any atom is 0.407 e. The molecule has 2 aromatic heterocycles. The molecule has 4 heterocycles. The van der Waals surface area contributed by atoms with Gasteiger partial charge in [-0.05, 0) is 110 Å². The number of alkyl carbamates (subject to hydrolysis) is 2. The molecule has 4 aliphatic rings. The minimum atomic E-state index is -0.727. The summed E-state index contributed by atoms with van der Waals surface area (Å²) in [4.78, 5) is 86.9. The molecule has 4 atom stereocenters. The zero-order valence-electron chi connectivity index (χ0n) is 38.4. The molecule has 15 nitrogen and oxygen atoms in total. The molecular formula is C50H62N8O7. The summed E-state index contributed by atoms with van der Waals surface area (Å²) < 4.78 is 9.60. The van der Waals surface area contributed by atoms with E-state index in [9.17, 15) is 24.0 Å². The quantitative estimate of drug-likeness (QED) is 0.102. The molecule has 1 saturated carbocycles. The number of hydrogen-bond donors (Lipinski definition) is 4. The van der Waals surface area contributed by atoms with Crippen LogP contribution in [0.3, 0.4) is 0 Å². The molecule has 2 aliphatic heterocycles. The second kappa shape index (κ2) is 18.7. The van der Waals surface area contributed by atoms with Gasteiger partial charge in [-0.1, -0.05) is 71.4 Å². The molecule has 0 radical (unpaired) electrons. The summed E-state index contributed by atoms with van der Waals surface area (Å²) in [6.45, 7) is 12.7. The van der Waals surface area contributed by atoms with Gasteiger partial charge in [0, 0.05) is 24.1 Å². The molecule has 8 rings (SSSR count). The summed E-state index contributed by atoms with van der Waals surface area (Å²) in [5, 5.41) is 5.43. The van der Waals surface area contributed by atoms with E-state index < -0.39 is 24.3 Å². The van der Waals surface area contributed by atoms with Crippen LogP contribution in [0.4, 0.5) is 9.59 Å². The van der Waals surface area contributed by atoms with Crippen molar-refractivity contribution in [3.8, 4) is 11.1 Å². The number of hydrogen-bond acceptors (Lipinski definition) is 9. The Bertz CT molecular complexity index is 2530. The molecule has 2 aromatic carbocycles. The number of rotatable bonds is 13. The number of Topliss-reactive ketones (excluding diaryl/α,β-unsaturated/α-hetero) is 1. The van der Waals surface area contributed by atoms with Gasteiger partial charge in [-0.2, -0.15) is 0 Å². The van der Waals surface area contributed by atoms with E-state index in [1.807, 2.05) is 50.8 Å². The van der Waals surface area contributed by atoms with Crippen LogP contribution in [0.15, 0.2) is 43.0 Å². The van der Waals surface area contributed by atoms with Crippen LogP contribution in [-0.4, -0.2) is 98.9 Å². The normalized spacial score (nSPS) is 20.0. The van der Waals surface area contributed by atoms with Gasteiger partial charge in [0.2, 0.25) is 11.8 Å². The van der Waals surface area contributed by atoms with Crippen molar-refractivity contribution in [1.82, 2.24) is 40.4 Å². The van der Waals surface area contributed by atoms with Crippen molar-refractivity contribution >= 4 is 53.0 Å². The van der Waals surface area contributed by atoms with Crippen LogP contribution in [-0.2, 0) is 31.9 Å². The van der Waals surface area contributed by atoms with Crippen molar-refractivity contribution in [2.24, 2.45) is 17.3 Å². The van der Waals surface area contributed by atoms with Crippen LogP contribution in [0.25, 0.3) is 34.3 Å². The maximum atomic E-state index is 14.6. The van der Waals surface area contributed by atoms with E-state index in [4.69, 9.17) is 19.4 Å². The summed E-state index contributed by atoms with van der Waals surface area (Å²) in [5.74, 6) is 1.00. The van der Waals surface area contributed by atoms with E-state index in [1.54, 1.807) is 11.0 Å². The lowest BCUT2D eigenvalue weighted by Crippen LogP contribution is -2.51. The molecule has 1 spiro atoms. The Morgan fingerprint density at radius 3 is 2.02 bits per heavy atom. The maximum absolute atomic E-state index is 14.6. The number of aromatic nitrogens is 4. The van der Waals surface area contributed by atoms with E-state index in [0.29, 0.717) is 36.9 Å². The Kier molecular flexibility index (Phi) is 13.0. The number of ether oxygens (including phenoxy) is 2. The third kappa shape index (κ3) is 8.69. The number of aromatic amines is 2. The fourth-order valence-corrected chi connectivity index (χ4v) is 10.6. The van der Waals surface area contributed by atoms with Gasteiger partial charge < -0.3 is 39.9 Å². The Balaban J connectivity index is 1.05. The van der Waals surface area contributed by atoms with Crippen molar-refractivity contribution in [3.63, 3.8) is 0 Å². The number of H-pyrrole nitrogens is 2. The first-order valence-electron chi connectivity index (χ1n) is 23.2. The Hall–Kier alpha value is -6.25. The third-order valence-corrected chi connectivity index (χ3v) is 14.1. The van der Waals surface area contributed by atoms with E-state index in [-0.39, 0.29) is 46.9 Å². The van der Waals surface area contributed by atoms with Crippen molar-refractivity contribution in [2.75, 3.05) is 27.3 Å². The number of likely N-dealkylation sites (tertiary alicyclic amines) is 2. The lowest BCUT2D eigenvalue weighted by molar-refractivity contribution is -0.136. The Morgan fingerprint density at radius 1 is 0.846 bits per heavy atom. The van der Waals surface area contributed by atoms with E-state index in [2.05, 4.69) is 51.5 Å². The van der Waals surface area contributed by atoms with Crippen LogP contribution in [0.1, 0.15) is 136 Å². The minimum Gasteiger partial charge on any atom is -0.453 e. The second-order valence-corrected chi connectivity index (χ2v) is 18.8. The highest BCUT2D eigenvalue weighted by Gasteiger charge is 2.49. The summed E-state index contributed by atoms with van der Waals surface area (Å²) in [6, 6.07) is 8.32. The van der Waals surface area contributed by atoms with Gasteiger partial charge in [-0.3, -0.25) is 14.4 Å². The van der Waals surface area contributed by atoms with E-state index >= 15 is 0 Å². The van der Waals surface area contributed by atoms with Crippen molar-refractivity contribution in [1.29, 1.82) is 0 Å². The predicted molar refractivity (Wildman–Crippen MR) is 248 cm³/mol. The number of ketones is 1. The summed E-state index contributed by atoms with van der Waals surface area (Å²) in [6.07, 6.45) is 12.8. The smallest absolute Gasteiger partial charge is 0.407 e. The fraction of sp³-hybridized carbons (Fsp3) is 0.500. The zero-order valence-corrected chi connectivity index (χ0v) is 38.4. The van der Waals surface area contributed by atoms with Crippen molar-refractivity contribution < 1.29 is 33.4 Å². The van der Waals surface area contributed by atoms with Crippen LogP contribution >= 0.6 is 0 Å². The molecule has 2 saturated heterocycles. The fourth-order valence-electron chi connectivity index (χ4n) is 10.6. The molecule has 2 unspecified atom stereocenters. The number of amides is 4. The second-order valence-electron chi connectivity index (χ2n) is 18.8. The Morgan fingerprint density at radius 2 is 1.45 bits per heavy atom. The summed E-state index contributed by atoms with van der Waals surface area (Å²) in [5.41, 5.74) is 7.56. The molecule has 3 fully saturated rings. The molecule has 4 aromatic rings. The molecule has 4 amide bonds. The van der Waals surface area contributed by atoms with Gasteiger partial charge in [0.25, 0.3) is 0 Å². The standard InChI is InChI=1S/C50H62N8O7/c1-8-34-35(52-44(51-34)38-16-12-24-57(38)46(60)41(28(2)3)55-48(62)64-6)15-11-14-30-18-20-32(40-33(30)27-50(43(40)59)22-9-10-23-50)31-19-21-36-37(26-31)54-45(53-36)39-17-13-25-58(39)47(61)42(29(4)5)56-49(63)65-7/h8,11,15,18-21,26,28-29,38-39,41-42H,1,9-10,12-14,16-17,22-25,27H2,2-7H3,(H,51,52)(H,53,54)(H,55,62)(H,56,63)/b15-11-/t38?,39?,41-,42-/m1/s1. The van der Waals surface area contributed by atoms with Gasteiger partial charge in [0.15, 0.2) is 5.78 Å². The average molecular weight is 887 g/mol. The molecule has 2 aliphatic carbocycles. The van der Waals surface area contributed by atoms with Gasteiger partial charge >= 0.3 is 12.2 Å². The van der Waals surface area contributed by atoms with Crippen LogP contribution in [0.5, 0.6) is 0 Å². The highest BCUT2D eigenvalue weighted by molar-refractivity contribution is 6.10. The van der Waals surface area contributed by atoms with Crippen molar-refractivity contribution in [3.05, 3.63) is 82.7 Å². The molecule has 344 valence electrons. The zero-order chi connectivity index (χ0) is 46.2. The number of benzene rings is 2. The number of carbonyl (C=O) groups is 5. The monoisotopic (exact) mass is 886 g/mol. The number of fused-ring (bicyclic) bond motifs is 2. The molecular weight excluding hydrogens is 825 g/mol. The van der Waals surface area contributed by atoms with Gasteiger partial charge in [-0.15, -0.1) is 0 Å². The minimum absolute atomic E-state index is 0.137. The van der Waals surface area contributed by atoms with Gasteiger partial charge in [0.05, 0.1) is 48.7 Å². The number of carbonyl (C=O) groups excluding carboxylic acids is 5. The first-order valence-corrected chi connectivity index (χ1v) is 23.2. The predicted octanol–water partition coefficient (Wildman–Crippen LogP) is 8.24.